The fourth-order valence-corrected chi connectivity index (χ4v) is 1.40. The molecule has 0 amide bonds. The van der Waals surface area contributed by atoms with Gasteiger partial charge >= 0.3 is 0 Å². The molecule has 0 aromatic heterocycles. The van der Waals surface area contributed by atoms with Gasteiger partial charge in [-0.2, -0.15) is 0 Å². The zero-order valence-corrected chi connectivity index (χ0v) is 8.84. The smallest absolute Gasteiger partial charge is 0.0163 e. The minimum absolute atomic E-state index is 1.16. The highest BCUT2D eigenvalue weighted by Crippen LogP contribution is 2.07. The van der Waals surface area contributed by atoms with Crippen molar-refractivity contribution < 1.29 is 0 Å². The molecule has 0 aromatic rings. The first-order valence-electron chi connectivity index (χ1n) is 5.27. The third-order valence-electron chi connectivity index (χ3n) is 2.05. The van der Waals surface area contributed by atoms with Crippen LogP contribution >= 0.6 is 0 Å². The van der Waals surface area contributed by atoms with Crippen LogP contribution < -0.4 is 0 Å². The SMILES string of the molecule is C/C=C/CN1CCCCC1.CC. The monoisotopic (exact) mass is 169 g/mol. The summed E-state index contributed by atoms with van der Waals surface area (Å²) in [4.78, 5) is 2.52. The Morgan fingerprint density at radius 1 is 1.08 bits per heavy atom. The van der Waals surface area contributed by atoms with Crippen molar-refractivity contribution in [3.63, 3.8) is 0 Å². The molecular weight excluding hydrogens is 146 g/mol. The first kappa shape index (κ1) is 11.7. The van der Waals surface area contributed by atoms with Crippen LogP contribution in [0.4, 0.5) is 0 Å². The van der Waals surface area contributed by atoms with Gasteiger partial charge in [0.2, 0.25) is 0 Å². The summed E-state index contributed by atoms with van der Waals surface area (Å²) < 4.78 is 0. The molecule has 1 saturated heterocycles. The van der Waals surface area contributed by atoms with Crippen LogP contribution in [0.5, 0.6) is 0 Å². The van der Waals surface area contributed by atoms with Gasteiger partial charge in [-0.05, 0) is 32.9 Å². The van der Waals surface area contributed by atoms with E-state index in [-0.39, 0.29) is 0 Å². The third kappa shape index (κ3) is 5.36. The lowest BCUT2D eigenvalue weighted by Gasteiger charge is -2.24. The lowest BCUT2D eigenvalue weighted by atomic mass is 10.1. The third-order valence-corrected chi connectivity index (χ3v) is 2.05. The Kier molecular flexibility index (Phi) is 8.57. The molecule has 0 aromatic carbocycles. The first-order valence-corrected chi connectivity index (χ1v) is 5.27. The van der Waals surface area contributed by atoms with Crippen LogP contribution in [-0.4, -0.2) is 24.5 Å². The van der Waals surface area contributed by atoms with E-state index in [4.69, 9.17) is 0 Å². The summed E-state index contributed by atoms with van der Waals surface area (Å²) in [5.41, 5.74) is 0. The van der Waals surface area contributed by atoms with Crippen LogP contribution in [0.15, 0.2) is 12.2 Å². The predicted molar refractivity (Wildman–Crippen MR) is 56.5 cm³/mol. The van der Waals surface area contributed by atoms with Crippen molar-refractivity contribution in [1.82, 2.24) is 4.90 Å². The Hall–Kier alpha value is -0.300. The van der Waals surface area contributed by atoms with Gasteiger partial charge in [0.25, 0.3) is 0 Å². The second-order valence-corrected chi connectivity index (χ2v) is 2.93. The standard InChI is InChI=1S/C9H17N.C2H6/c1-2-3-7-10-8-5-4-6-9-10;1-2/h2-3H,4-9H2,1H3;1-2H3/b3-2+;. The van der Waals surface area contributed by atoms with E-state index in [1.54, 1.807) is 0 Å². The van der Waals surface area contributed by atoms with Crippen LogP contribution in [0.2, 0.25) is 0 Å². The van der Waals surface area contributed by atoms with Crippen LogP contribution in [0, 0.1) is 0 Å². The van der Waals surface area contributed by atoms with Crippen LogP contribution in [-0.2, 0) is 0 Å². The molecule has 0 bridgehead atoms. The zero-order chi connectivity index (χ0) is 9.23. The number of allylic oxidation sites excluding steroid dienone is 1. The molecule has 0 saturated carbocycles. The number of rotatable bonds is 2. The molecule has 0 aliphatic carbocycles. The number of hydrogen-bond acceptors (Lipinski definition) is 1. The Morgan fingerprint density at radius 2 is 1.67 bits per heavy atom. The van der Waals surface area contributed by atoms with Crippen molar-refractivity contribution in [2.45, 2.75) is 40.0 Å². The molecule has 1 heteroatoms. The maximum atomic E-state index is 2.52. The first-order chi connectivity index (χ1) is 5.93. The molecule has 1 aliphatic heterocycles. The fourth-order valence-electron chi connectivity index (χ4n) is 1.40. The van der Waals surface area contributed by atoms with Gasteiger partial charge in [0.05, 0.1) is 0 Å². The summed E-state index contributed by atoms with van der Waals surface area (Å²) >= 11 is 0. The summed E-state index contributed by atoms with van der Waals surface area (Å²) in [7, 11) is 0. The largest absolute Gasteiger partial charge is 0.300 e. The highest BCUT2D eigenvalue weighted by atomic mass is 15.1. The predicted octanol–water partition coefficient (Wildman–Crippen LogP) is 3.07. The van der Waals surface area contributed by atoms with Crippen molar-refractivity contribution in [3.8, 4) is 0 Å². The molecule has 1 fully saturated rings. The fraction of sp³-hybridized carbons (Fsp3) is 0.818. The van der Waals surface area contributed by atoms with E-state index in [0.29, 0.717) is 0 Å². The summed E-state index contributed by atoms with van der Waals surface area (Å²) in [6, 6.07) is 0. The molecule has 1 aliphatic rings. The van der Waals surface area contributed by atoms with Crippen LogP contribution in [0.3, 0.4) is 0 Å². The quantitative estimate of drug-likeness (QED) is 0.574. The number of likely N-dealkylation sites (tertiary alicyclic amines) is 1. The highest BCUT2D eigenvalue weighted by molar-refractivity contribution is 4.82. The molecule has 0 spiro atoms. The summed E-state index contributed by atoms with van der Waals surface area (Å²) in [6.07, 6.45) is 8.61. The molecule has 0 unspecified atom stereocenters. The van der Waals surface area contributed by atoms with Gasteiger partial charge in [-0.3, -0.25) is 4.90 Å². The molecule has 1 heterocycles. The van der Waals surface area contributed by atoms with E-state index in [1.165, 1.54) is 32.4 Å². The number of nitrogens with zero attached hydrogens (tertiary/aromatic N) is 1. The molecule has 1 rings (SSSR count). The van der Waals surface area contributed by atoms with Crippen molar-refractivity contribution in [1.29, 1.82) is 0 Å². The lowest BCUT2D eigenvalue weighted by Crippen LogP contribution is -2.29. The van der Waals surface area contributed by atoms with E-state index in [2.05, 4.69) is 24.0 Å². The van der Waals surface area contributed by atoms with Crippen molar-refractivity contribution >= 4 is 0 Å². The van der Waals surface area contributed by atoms with Crippen molar-refractivity contribution in [2.24, 2.45) is 0 Å². The lowest BCUT2D eigenvalue weighted by molar-refractivity contribution is 0.251. The van der Waals surface area contributed by atoms with Crippen molar-refractivity contribution in [2.75, 3.05) is 19.6 Å². The summed E-state index contributed by atoms with van der Waals surface area (Å²) in [5, 5.41) is 0. The summed E-state index contributed by atoms with van der Waals surface area (Å²) in [5.74, 6) is 0. The second-order valence-electron chi connectivity index (χ2n) is 2.93. The number of hydrogen-bond donors (Lipinski definition) is 0. The highest BCUT2D eigenvalue weighted by Gasteiger charge is 2.06. The maximum Gasteiger partial charge on any atom is 0.0163 e. The van der Waals surface area contributed by atoms with E-state index in [0.717, 1.165) is 6.54 Å². The summed E-state index contributed by atoms with van der Waals surface area (Å²) in [6.45, 7) is 9.87. The molecular formula is C11H23N. The molecule has 0 N–H and O–H groups in total. The van der Waals surface area contributed by atoms with E-state index >= 15 is 0 Å². The average Bonchev–Trinajstić information content (AvgIpc) is 2.19. The van der Waals surface area contributed by atoms with Crippen molar-refractivity contribution in [3.05, 3.63) is 12.2 Å². The average molecular weight is 169 g/mol. The van der Waals surface area contributed by atoms with Crippen LogP contribution in [0.1, 0.15) is 40.0 Å². The van der Waals surface area contributed by atoms with Gasteiger partial charge in [-0.1, -0.05) is 32.4 Å². The number of piperidine rings is 1. The minimum atomic E-state index is 1.16. The van der Waals surface area contributed by atoms with Gasteiger partial charge in [-0.15, -0.1) is 0 Å². The molecule has 0 atom stereocenters. The topological polar surface area (TPSA) is 3.24 Å². The van der Waals surface area contributed by atoms with Gasteiger partial charge in [-0.25, -0.2) is 0 Å². The van der Waals surface area contributed by atoms with Gasteiger partial charge < -0.3 is 0 Å². The molecule has 1 nitrogen and oxygen atoms in total. The van der Waals surface area contributed by atoms with E-state index < -0.39 is 0 Å². The Morgan fingerprint density at radius 3 is 2.17 bits per heavy atom. The van der Waals surface area contributed by atoms with Gasteiger partial charge in [0, 0.05) is 6.54 Å². The van der Waals surface area contributed by atoms with Crippen LogP contribution in [0.25, 0.3) is 0 Å². The normalized spacial score (nSPS) is 18.9. The molecule has 72 valence electrons. The zero-order valence-electron chi connectivity index (χ0n) is 8.84. The van der Waals surface area contributed by atoms with Gasteiger partial charge in [0.1, 0.15) is 0 Å². The van der Waals surface area contributed by atoms with E-state index in [9.17, 15) is 0 Å². The minimum Gasteiger partial charge on any atom is -0.300 e. The van der Waals surface area contributed by atoms with E-state index in [1.807, 2.05) is 13.8 Å². The maximum absolute atomic E-state index is 2.52. The Bertz CT molecular complexity index is 102. The molecule has 12 heavy (non-hydrogen) atoms. The Labute approximate surface area is 77.5 Å². The second kappa shape index (κ2) is 8.79. The van der Waals surface area contributed by atoms with Gasteiger partial charge in [0.15, 0.2) is 0 Å². The Balaban J connectivity index is 0.000000561. The molecule has 0 radical (unpaired) electrons.